The third-order valence-corrected chi connectivity index (χ3v) is 3.17. The average Bonchev–Trinajstić information content (AvgIpc) is 2.76. The molecular weight excluding hydrogens is 269 g/mol. The highest BCUT2D eigenvalue weighted by Gasteiger charge is 2.02. The highest BCUT2D eigenvalue weighted by molar-refractivity contribution is 6.35. The first kappa shape index (κ1) is 13.2. The van der Waals surface area contributed by atoms with E-state index >= 15 is 0 Å². The Labute approximate surface area is 117 Å². The molecule has 1 aromatic carbocycles. The fraction of sp³-hybridized carbons (Fsp3) is 0.308. The summed E-state index contributed by atoms with van der Waals surface area (Å²) in [6, 6.07) is 5.51. The molecule has 0 spiro atoms. The molecule has 0 bridgehead atoms. The monoisotopic (exact) mass is 283 g/mol. The summed E-state index contributed by atoms with van der Waals surface area (Å²) in [5, 5.41) is 8.87. The van der Waals surface area contributed by atoms with Crippen molar-refractivity contribution in [3.05, 3.63) is 46.2 Å². The van der Waals surface area contributed by atoms with Gasteiger partial charge in [0.15, 0.2) is 0 Å². The first-order valence-corrected chi connectivity index (χ1v) is 6.65. The molecule has 1 heterocycles. The molecule has 0 atom stereocenters. The van der Waals surface area contributed by atoms with Crippen LogP contribution in [0.15, 0.2) is 30.6 Å². The zero-order valence-corrected chi connectivity index (χ0v) is 11.7. The summed E-state index contributed by atoms with van der Waals surface area (Å²) in [7, 11) is 0. The van der Waals surface area contributed by atoms with Crippen LogP contribution in [0, 0.1) is 0 Å². The van der Waals surface area contributed by atoms with Gasteiger partial charge in [-0.2, -0.15) is 5.10 Å². The van der Waals surface area contributed by atoms with Crippen molar-refractivity contribution in [2.24, 2.45) is 0 Å². The predicted molar refractivity (Wildman–Crippen MR) is 76.3 cm³/mol. The molecule has 0 fully saturated rings. The number of hydrogen-bond donors (Lipinski definition) is 1. The lowest BCUT2D eigenvalue weighted by Crippen LogP contribution is -1.99. The third kappa shape index (κ3) is 3.40. The lowest BCUT2D eigenvalue weighted by atomic mass is 10.2. The van der Waals surface area contributed by atoms with Gasteiger partial charge in [-0.15, -0.1) is 0 Å². The second-order valence-electron chi connectivity index (χ2n) is 4.08. The van der Waals surface area contributed by atoms with Gasteiger partial charge < -0.3 is 5.32 Å². The average molecular weight is 284 g/mol. The number of rotatable bonds is 5. The smallest absolute Gasteiger partial charge is 0.0729 e. The van der Waals surface area contributed by atoms with Crippen molar-refractivity contribution >= 4 is 28.9 Å². The molecule has 0 amide bonds. The van der Waals surface area contributed by atoms with Gasteiger partial charge in [0.2, 0.25) is 0 Å². The minimum atomic E-state index is 0.652. The Bertz CT molecular complexity index is 523. The molecule has 5 heteroatoms. The number of halogens is 2. The molecule has 1 aromatic heterocycles. The van der Waals surface area contributed by atoms with E-state index in [-0.39, 0.29) is 0 Å². The van der Waals surface area contributed by atoms with Gasteiger partial charge in [-0.05, 0) is 24.1 Å². The lowest BCUT2D eigenvalue weighted by Gasteiger charge is -2.06. The molecule has 0 radical (unpaired) electrons. The zero-order valence-electron chi connectivity index (χ0n) is 10.2. The topological polar surface area (TPSA) is 29.9 Å². The fourth-order valence-corrected chi connectivity index (χ4v) is 2.14. The second kappa shape index (κ2) is 6.12. The normalized spacial score (nSPS) is 10.6. The summed E-state index contributed by atoms with van der Waals surface area (Å²) in [6.45, 7) is 3.72. The van der Waals surface area contributed by atoms with Crippen LogP contribution in [-0.4, -0.2) is 9.78 Å². The Kier molecular flexibility index (Phi) is 4.50. The fourth-order valence-electron chi connectivity index (χ4n) is 1.67. The number of nitrogens with zero attached hydrogens (tertiary/aromatic N) is 2. The van der Waals surface area contributed by atoms with Crippen molar-refractivity contribution in [3.63, 3.8) is 0 Å². The van der Waals surface area contributed by atoms with Gasteiger partial charge in [0.1, 0.15) is 0 Å². The van der Waals surface area contributed by atoms with Crippen molar-refractivity contribution < 1.29 is 0 Å². The van der Waals surface area contributed by atoms with Crippen LogP contribution in [0.25, 0.3) is 0 Å². The zero-order chi connectivity index (χ0) is 13.0. The summed E-state index contributed by atoms with van der Waals surface area (Å²) < 4.78 is 1.92. The summed E-state index contributed by atoms with van der Waals surface area (Å²) in [4.78, 5) is 0. The molecule has 1 N–H and O–H groups in total. The molecule has 18 heavy (non-hydrogen) atoms. The van der Waals surface area contributed by atoms with Gasteiger partial charge >= 0.3 is 0 Å². The summed E-state index contributed by atoms with van der Waals surface area (Å²) >= 11 is 12.0. The Hall–Kier alpha value is -1.19. The maximum absolute atomic E-state index is 6.11. The van der Waals surface area contributed by atoms with Crippen LogP contribution in [0.1, 0.15) is 18.9 Å². The standard InChI is InChI=1S/C13H15Cl2N3/c1-2-5-18-9-12(8-17-18)16-7-10-3-4-11(14)6-13(10)15/h3-4,6,8-9,16H,2,5,7H2,1H3. The first-order chi connectivity index (χ1) is 8.69. The lowest BCUT2D eigenvalue weighted by molar-refractivity contribution is 0.603. The van der Waals surface area contributed by atoms with Crippen LogP contribution in [0.2, 0.25) is 10.0 Å². The van der Waals surface area contributed by atoms with Crippen LogP contribution >= 0.6 is 23.2 Å². The van der Waals surface area contributed by atoms with E-state index in [0.29, 0.717) is 16.6 Å². The molecule has 0 aliphatic carbocycles. The van der Waals surface area contributed by atoms with Gasteiger partial charge in [-0.25, -0.2) is 0 Å². The van der Waals surface area contributed by atoms with Crippen LogP contribution in [0.4, 0.5) is 5.69 Å². The predicted octanol–water partition coefficient (Wildman–Crippen LogP) is 4.21. The van der Waals surface area contributed by atoms with Crippen molar-refractivity contribution in [1.29, 1.82) is 0 Å². The van der Waals surface area contributed by atoms with Crippen molar-refractivity contribution in [3.8, 4) is 0 Å². The first-order valence-electron chi connectivity index (χ1n) is 5.89. The van der Waals surface area contributed by atoms with Crippen molar-refractivity contribution in [2.75, 3.05) is 5.32 Å². The van der Waals surface area contributed by atoms with E-state index in [2.05, 4.69) is 17.3 Å². The van der Waals surface area contributed by atoms with Crippen molar-refractivity contribution in [1.82, 2.24) is 9.78 Å². The van der Waals surface area contributed by atoms with E-state index in [0.717, 1.165) is 24.2 Å². The molecule has 0 unspecified atom stereocenters. The molecule has 0 aliphatic rings. The maximum atomic E-state index is 6.11. The quantitative estimate of drug-likeness (QED) is 0.891. The van der Waals surface area contributed by atoms with Crippen LogP contribution in [-0.2, 0) is 13.1 Å². The molecule has 0 saturated carbocycles. The molecule has 2 rings (SSSR count). The number of benzene rings is 1. The SMILES string of the molecule is CCCn1cc(NCc2ccc(Cl)cc2Cl)cn1. The highest BCUT2D eigenvalue weighted by atomic mass is 35.5. The van der Waals surface area contributed by atoms with E-state index < -0.39 is 0 Å². The highest BCUT2D eigenvalue weighted by Crippen LogP contribution is 2.21. The van der Waals surface area contributed by atoms with E-state index in [4.69, 9.17) is 23.2 Å². The van der Waals surface area contributed by atoms with Crippen LogP contribution in [0.5, 0.6) is 0 Å². The molecule has 2 aromatic rings. The third-order valence-electron chi connectivity index (χ3n) is 2.58. The Balaban J connectivity index is 1.97. The molecule has 0 aliphatic heterocycles. The van der Waals surface area contributed by atoms with Crippen molar-refractivity contribution in [2.45, 2.75) is 26.4 Å². The summed E-state index contributed by atoms with van der Waals surface area (Å²) in [5.74, 6) is 0. The van der Waals surface area contributed by atoms with Gasteiger partial charge in [-0.1, -0.05) is 36.2 Å². The minimum Gasteiger partial charge on any atom is -0.378 e. The largest absolute Gasteiger partial charge is 0.378 e. The number of aromatic nitrogens is 2. The maximum Gasteiger partial charge on any atom is 0.0729 e. The molecule has 3 nitrogen and oxygen atoms in total. The molecule has 0 saturated heterocycles. The number of nitrogens with one attached hydrogen (secondary N) is 1. The summed E-state index contributed by atoms with van der Waals surface area (Å²) in [6.07, 6.45) is 4.89. The van der Waals surface area contributed by atoms with Gasteiger partial charge in [0.25, 0.3) is 0 Å². The molecular formula is C13H15Cl2N3. The van der Waals surface area contributed by atoms with E-state index in [1.165, 1.54) is 0 Å². The Morgan fingerprint density at radius 3 is 2.89 bits per heavy atom. The van der Waals surface area contributed by atoms with Gasteiger partial charge in [-0.3, -0.25) is 4.68 Å². The van der Waals surface area contributed by atoms with E-state index in [9.17, 15) is 0 Å². The van der Waals surface area contributed by atoms with Crippen LogP contribution in [0.3, 0.4) is 0 Å². The number of hydrogen-bond acceptors (Lipinski definition) is 2. The minimum absolute atomic E-state index is 0.652. The summed E-state index contributed by atoms with van der Waals surface area (Å²) in [5.41, 5.74) is 2.01. The van der Waals surface area contributed by atoms with E-state index in [1.807, 2.05) is 29.2 Å². The van der Waals surface area contributed by atoms with Gasteiger partial charge in [0, 0.05) is 29.3 Å². The van der Waals surface area contributed by atoms with Crippen LogP contribution < -0.4 is 5.32 Å². The number of aryl methyl sites for hydroxylation is 1. The van der Waals surface area contributed by atoms with Gasteiger partial charge in [0.05, 0.1) is 11.9 Å². The van der Waals surface area contributed by atoms with E-state index in [1.54, 1.807) is 6.07 Å². The second-order valence-corrected chi connectivity index (χ2v) is 4.93. The number of anilines is 1. The molecule has 96 valence electrons. The Morgan fingerprint density at radius 1 is 1.33 bits per heavy atom. The Morgan fingerprint density at radius 2 is 2.17 bits per heavy atom.